The van der Waals surface area contributed by atoms with E-state index in [1.807, 2.05) is 30.3 Å². The first-order chi connectivity index (χ1) is 15.5. The van der Waals surface area contributed by atoms with E-state index in [4.69, 9.17) is 0 Å². The van der Waals surface area contributed by atoms with Crippen LogP contribution >= 0.6 is 11.8 Å². The van der Waals surface area contributed by atoms with Gasteiger partial charge in [-0.1, -0.05) is 36.4 Å². The molecule has 1 heterocycles. The maximum atomic E-state index is 13.2. The van der Waals surface area contributed by atoms with Crippen LogP contribution in [0, 0.1) is 6.92 Å². The van der Waals surface area contributed by atoms with Crippen LogP contribution in [0.15, 0.2) is 48.5 Å². The third-order valence-electron chi connectivity index (χ3n) is 5.86. The fraction of sp³-hybridized carbons (Fsp3) is 0.375. The van der Waals surface area contributed by atoms with Gasteiger partial charge in [-0.05, 0) is 44.9 Å². The fourth-order valence-corrected chi connectivity index (χ4v) is 5.09. The van der Waals surface area contributed by atoms with Gasteiger partial charge in [0.15, 0.2) is 6.10 Å². The number of thioether (sulfide) groups is 1. The zero-order chi connectivity index (χ0) is 24.3. The number of phenolic OH excluding ortho intramolecular Hbond substituents is 1. The molecule has 2 amide bonds. The number of amides is 2. The number of benzene rings is 2. The molecule has 3 atom stereocenters. The second-order valence-corrected chi connectivity index (χ2v) is 10.2. The lowest BCUT2D eigenvalue weighted by Crippen LogP contribution is -2.57. The molecule has 0 aromatic heterocycles. The van der Waals surface area contributed by atoms with Crippen molar-refractivity contribution in [3.8, 4) is 5.75 Å². The van der Waals surface area contributed by atoms with E-state index in [-0.39, 0.29) is 23.6 Å². The number of nitrogens with one attached hydrogen (secondary N) is 1. The number of hydrogen-bond donors (Lipinski definition) is 4. The molecule has 3 rings (SSSR count). The van der Waals surface area contributed by atoms with Crippen molar-refractivity contribution in [1.29, 1.82) is 0 Å². The molecule has 0 bridgehead atoms. The van der Waals surface area contributed by atoms with Crippen LogP contribution in [0.25, 0.3) is 0 Å². The Morgan fingerprint density at radius 3 is 2.45 bits per heavy atom. The minimum absolute atomic E-state index is 0.0421. The van der Waals surface area contributed by atoms with E-state index in [1.54, 1.807) is 20.8 Å². The highest BCUT2D eigenvalue weighted by Gasteiger charge is 2.50. The SMILES string of the molecule is Cc1c(O)cccc1C(=O)NC(Cc1ccccc1)[C@@H](O)C(=O)N1CSC(C)(C)C1C(=O)O. The average Bonchev–Trinajstić information content (AvgIpc) is 3.10. The fourth-order valence-electron chi connectivity index (χ4n) is 3.95. The normalized spacial score (nSPS) is 19.0. The number of carboxylic acids is 1. The van der Waals surface area contributed by atoms with Gasteiger partial charge in [-0.25, -0.2) is 4.79 Å². The van der Waals surface area contributed by atoms with Crippen LogP contribution in [0.1, 0.15) is 35.3 Å². The van der Waals surface area contributed by atoms with Crippen molar-refractivity contribution in [1.82, 2.24) is 10.2 Å². The first-order valence-electron chi connectivity index (χ1n) is 10.5. The molecule has 2 aromatic rings. The van der Waals surface area contributed by atoms with E-state index in [0.29, 0.717) is 5.56 Å². The largest absolute Gasteiger partial charge is 0.508 e. The summed E-state index contributed by atoms with van der Waals surface area (Å²) >= 11 is 1.32. The van der Waals surface area contributed by atoms with E-state index in [2.05, 4.69) is 5.32 Å². The van der Waals surface area contributed by atoms with Crippen molar-refractivity contribution in [3.05, 3.63) is 65.2 Å². The summed E-state index contributed by atoms with van der Waals surface area (Å²) in [6, 6.07) is 11.5. The Morgan fingerprint density at radius 1 is 1.15 bits per heavy atom. The van der Waals surface area contributed by atoms with Crippen LogP contribution in [0.3, 0.4) is 0 Å². The minimum Gasteiger partial charge on any atom is -0.508 e. The number of aliphatic hydroxyl groups is 1. The van der Waals surface area contributed by atoms with Crippen molar-refractivity contribution < 1.29 is 29.7 Å². The maximum absolute atomic E-state index is 13.2. The lowest BCUT2D eigenvalue weighted by Gasteiger charge is -2.31. The molecule has 0 saturated carbocycles. The second kappa shape index (κ2) is 9.84. The quantitative estimate of drug-likeness (QED) is 0.486. The Labute approximate surface area is 196 Å². The molecule has 0 spiro atoms. The number of carboxylic acid groups (broad SMARTS) is 1. The van der Waals surface area contributed by atoms with Gasteiger partial charge in [0.1, 0.15) is 11.8 Å². The minimum atomic E-state index is -1.66. The van der Waals surface area contributed by atoms with Gasteiger partial charge in [-0.3, -0.25) is 9.59 Å². The van der Waals surface area contributed by atoms with Crippen molar-refractivity contribution in [2.75, 3.05) is 5.88 Å². The predicted molar refractivity (Wildman–Crippen MR) is 125 cm³/mol. The molecule has 1 aliphatic rings. The summed E-state index contributed by atoms with van der Waals surface area (Å²) in [6.07, 6.45) is -1.51. The molecule has 8 nitrogen and oxygen atoms in total. The Bertz CT molecular complexity index is 1040. The van der Waals surface area contributed by atoms with Crippen molar-refractivity contribution >= 4 is 29.5 Å². The maximum Gasteiger partial charge on any atom is 0.327 e. The van der Waals surface area contributed by atoms with Crippen LogP contribution in [-0.4, -0.2) is 66.8 Å². The standard InChI is InChI=1S/C24H28N2O6S/c1-14-16(10-7-11-18(14)27)21(29)25-17(12-15-8-5-4-6-9-15)19(28)22(30)26-13-33-24(2,3)20(26)23(31)32/h4-11,17,19-20,27-28H,12-13H2,1-3H3,(H,25,29)(H,31,32)/t17?,19-,20?/m1/s1. The summed E-state index contributed by atoms with van der Waals surface area (Å²) in [5, 5.41) is 33.4. The van der Waals surface area contributed by atoms with Gasteiger partial charge in [-0.15, -0.1) is 11.8 Å². The third-order valence-corrected chi connectivity index (χ3v) is 7.24. The van der Waals surface area contributed by atoms with Crippen LogP contribution in [0.2, 0.25) is 0 Å². The molecule has 1 fully saturated rings. The van der Waals surface area contributed by atoms with E-state index in [9.17, 15) is 29.7 Å². The van der Waals surface area contributed by atoms with E-state index >= 15 is 0 Å². The first kappa shape index (κ1) is 24.6. The summed E-state index contributed by atoms with van der Waals surface area (Å²) in [6.45, 7) is 5.08. The van der Waals surface area contributed by atoms with Gasteiger partial charge in [0.25, 0.3) is 11.8 Å². The van der Waals surface area contributed by atoms with Crippen LogP contribution in [0.4, 0.5) is 0 Å². The molecule has 4 N–H and O–H groups in total. The number of carbonyl (C=O) groups excluding carboxylic acids is 2. The van der Waals surface area contributed by atoms with Gasteiger partial charge in [-0.2, -0.15) is 0 Å². The molecule has 176 valence electrons. The topological polar surface area (TPSA) is 127 Å². The Hall–Kier alpha value is -3.04. The van der Waals surface area contributed by atoms with E-state index in [0.717, 1.165) is 10.5 Å². The molecular weight excluding hydrogens is 444 g/mol. The number of hydrogen-bond acceptors (Lipinski definition) is 6. The summed E-state index contributed by atoms with van der Waals surface area (Å²) in [5.41, 5.74) is 1.38. The Kier molecular flexibility index (Phi) is 7.34. The monoisotopic (exact) mass is 472 g/mol. The molecular formula is C24H28N2O6S. The molecule has 33 heavy (non-hydrogen) atoms. The molecule has 9 heteroatoms. The number of nitrogens with zero attached hydrogens (tertiary/aromatic N) is 1. The van der Waals surface area contributed by atoms with E-state index < -0.39 is 40.7 Å². The average molecular weight is 473 g/mol. The molecule has 1 aliphatic heterocycles. The summed E-state index contributed by atoms with van der Waals surface area (Å²) < 4.78 is -0.724. The van der Waals surface area contributed by atoms with Crippen LogP contribution in [-0.2, 0) is 16.0 Å². The van der Waals surface area contributed by atoms with Crippen molar-refractivity contribution in [2.24, 2.45) is 0 Å². The summed E-state index contributed by atoms with van der Waals surface area (Å²) in [7, 11) is 0. The van der Waals surface area contributed by atoms with Crippen molar-refractivity contribution in [3.63, 3.8) is 0 Å². The highest BCUT2D eigenvalue weighted by atomic mass is 32.2. The number of rotatable bonds is 7. The number of aromatic hydroxyl groups is 1. The molecule has 2 aromatic carbocycles. The summed E-state index contributed by atoms with van der Waals surface area (Å²) in [4.78, 5) is 39.2. The van der Waals surface area contributed by atoms with Crippen LogP contribution in [0.5, 0.6) is 5.75 Å². The number of phenols is 1. The number of aliphatic carboxylic acids is 1. The number of aliphatic hydroxyl groups excluding tert-OH is 1. The Morgan fingerprint density at radius 2 is 1.82 bits per heavy atom. The molecule has 0 aliphatic carbocycles. The third kappa shape index (κ3) is 5.31. The lowest BCUT2D eigenvalue weighted by atomic mass is 9.97. The van der Waals surface area contributed by atoms with Gasteiger partial charge in [0.2, 0.25) is 0 Å². The van der Waals surface area contributed by atoms with Gasteiger partial charge >= 0.3 is 5.97 Å². The Balaban J connectivity index is 1.88. The van der Waals surface area contributed by atoms with Crippen molar-refractivity contribution in [2.45, 2.75) is 50.1 Å². The zero-order valence-electron chi connectivity index (χ0n) is 18.7. The molecule has 1 saturated heterocycles. The summed E-state index contributed by atoms with van der Waals surface area (Å²) in [5.74, 6) is -2.38. The highest BCUT2D eigenvalue weighted by molar-refractivity contribution is 8.00. The second-order valence-electron chi connectivity index (χ2n) is 8.59. The smallest absolute Gasteiger partial charge is 0.327 e. The highest BCUT2D eigenvalue weighted by Crippen LogP contribution is 2.39. The molecule has 0 radical (unpaired) electrons. The van der Waals surface area contributed by atoms with Crippen LogP contribution < -0.4 is 5.32 Å². The lowest BCUT2D eigenvalue weighted by molar-refractivity contribution is -0.154. The zero-order valence-corrected chi connectivity index (χ0v) is 19.5. The van der Waals surface area contributed by atoms with Gasteiger partial charge in [0, 0.05) is 15.9 Å². The van der Waals surface area contributed by atoms with E-state index in [1.165, 1.54) is 30.0 Å². The number of carbonyl (C=O) groups is 3. The van der Waals surface area contributed by atoms with Gasteiger partial charge < -0.3 is 25.5 Å². The predicted octanol–water partition coefficient (Wildman–Crippen LogP) is 2.17. The van der Waals surface area contributed by atoms with Gasteiger partial charge in [0.05, 0.1) is 11.9 Å². The molecule has 2 unspecified atom stereocenters. The first-order valence-corrected chi connectivity index (χ1v) is 11.5.